The smallest absolute Gasteiger partial charge is 0.321 e. The van der Waals surface area contributed by atoms with Crippen molar-refractivity contribution < 1.29 is 14.4 Å². The minimum atomic E-state index is -0.228. The molecule has 1 aromatic rings. The molecule has 29 heavy (non-hydrogen) atoms. The summed E-state index contributed by atoms with van der Waals surface area (Å²) in [5, 5.41) is 2.92. The Bertz CT molecular complexity index is 772. The van der Waals surface area contributed by atoms with Gasteiger partial charge in [0.2, 0.25) is 0 Å². The quantitative estimate of drug-likeness (QED) is 0.701. The Hall–Kier alpha value is -2.37. The SMILES string of the molecule is CC(C)CN(CC(C)C)C(=O)Nc1ccc2c(c1)C(=O)N(C1CCCCC1)C2=O. The normalized spacial score (nSPS) is 17.2. The van der Waals surface area contributed by atoms with Crippen LogP contribution in [0.15, 0.2) is 18.2 Å². The monoisotopic (exact) mass is 399 g/mol. The number of nitrogens with zero attached hydrogens (tertiary/aromatic N) is 2. The van der Waals surface area contributed by atoms with Crippen molar-refractivity contribution in [3.63, 3.8) is 0 Å². The van der Waals surface area contributed by atoms with E-state index >= 15 is 0 Å². The third-order valence-electron chi connectivity index (χ3n) is 5.57. The fourth-order valence-electron chi connectivity index (χ4n) is 4.33. The standard InChI is InChI=1S/C23H33N3O3/c1-15(2)13-25(14-16(3)4)23(29)24-17-10-11-19-20(12-17)22(28)26(21(19)27)18-8-6-5-7-9-18/h10-12,15-16,18H,5-9,13-14H2,1-4H3,(H,24,29). The molecule has 1 aliphatic carbocycles. The van der Waals surface area contributed by atoms with Crippen molar-refractivity contribution in [2.45, 2.75) is 65.8 Å². The van der Waals surface area contributed by atoms with Crippen LogP contribution in [-0.2, 0) is 0 Å². The lowest BCUT2D eigenvalue weighted by molar-refractivity contribution is 0.0549. The van der Waals surface area contributed by atoms with Gasteiger partial charge in [0, 0.05) is 24.8 Å². The Morgan fingerprint density at radius 1 is 1.00 bits per heavy atom. The summed E-state index contributed by atoms with van der Waals surface area (Å²) >= 11 is 0. The molecule has 0 saturated heterocycles. The van der Waals surface area contributed by atoms with E-state index in [0.29, 0.717) is 41.7 Å². The number of hydrogen-bond donors (Lipinski definition) is 1. The van der Waals surface area contributed by atoms with Crippen molar-refractivity contribution in [3.8, 4) is 0 Å². The second-order valence-electron chi connectivity index (χ2n) is 9.16. The van der Waals surface area contributed by atoms with E-state index in [2.05, 4.69) is 33.0 Å². The molecule has 0 bridgehead atoms. The molecule has 4 amide bonds. The second kappa shape index (κ2) is 8.97. The lowest BCUT2D eigenvalue weighted by Crippen LogP contribution is -2.40. The van der Waals surface area contributed by atoms with Crippen LogP contribution in [0, 0.1) is 11.8 Å². The summed E-state index contributed by atoms with van der Waals surface area (Å²) in [5.74, 6) is 0.302. The zero-order valence-electron chi connectivity index (χ0n) is 18.0. The van der Waals surface area contributed by atoms with Gasteiger partial charge in [0.15, 0.2) is 0 Å². The van der Waals surface area contributed by atoms with E-state index in [9.17, 15) is 14.4 Å². The average molecular weight is 400 g/mol. The highest BCUT2D eigenvalue weighted by atomic mass is 16.2. The van der Waals surface area contributed by atoms with Gasteiger partial charge in [0.25, 0.3) is 11.8 Å². The molecule has 1 aliphatic heterocycles. The molecule has 6 heteroatoms. The number of amides is 4. The number of carbonyl (C=O) groups is 3. The van der Waals surface area contributed by atoms with E-state index < -0.39 is 0 Å². The van der Waals surface area contributed by atoms with Crippen LogP contribution >= 0.6 is 0 Å². The molecular weight excluding hydrogens is 366 g/mol. The van der Waals surface area contributed by atoms with Crippen LogP contribution in [0.5, 0.6) is 0 Å². The number of urea groups is 1. The molecule has 0 aromatic heterocycles. The number of anilines is 1. The molecule has 1 saturated carbocycles. The number of rotatable bonds is 6. The number of hydrogen-bond acceptors (Lipinski definition) is 3. The highest BCUT2D eigenvalue weighted by Crippen LogP contribution is 2.32. The van der Waals surface area contributed by atoms with Crippen LogP contribution in [0.1, 0.15) is 80.5 Å². The predicted octanol–water partition coefficient (Wildman–Crippen LogP) is 4.76. The molecule has 158 valence electrons. The third-order valence-corrected chi connectivity index (χ3v) is 5.57. The maximum atomic E-state index is 13.0. The van der Waals surface area contributed by atoms with Crippen molar-refractivity contribution in [2.75, 3.05) is 18.4 Å². The molecule has 1 fully saturated rings. The zero-order valence-corrected chi connectivity index (χ0v) is 18.0. The Morgan fingerprint density at radius 3 is 2.17 bits per heavy atom. The molecule has 0 radical (unpaired) electrons. The van der Waals surface area contributed by atoms with Gasteiger partial charge in [-0.15, -0.1) is 0 Å². The number of carbonyl (C=O) groups excluding carboxylic acids is 3. The van der Waals surface area contributed by atoms with Gasteiger partial charge in [0.05, 0.1) is 11.1 Å². The van der Waals surface area contributed by atoms with E-state index in [4.69, 9.17) is 0 Å². The summed E-state index contributed by atoms with van der Waals surface area (Å²) in [6, 6.07) is 4.87. The largest absolute Gasteiger partial charge is 0.324 e. The summed E-state index contributed by atoms with van der Waals surface area (Å²) in [6.45, 7) is 9.67. The number of fused-ring (bicyclic) bond motifs is 1. The fraction of sp³-hybridized carbons (Fsp3) is 0.609. The molecule has 1 N–H and O–H groups in total. The highest BCUT2D eigenvalue weighted by molar-refractivity contribution is 6.22. The Labute approximate surface area is 173 Å². The van der Waals surface area contributed by atoms with E-state index in [-0.39, 0.29) is 23.9 Å². The zero-order chi connectivity index (χ0) is 21.1. The van der Waals surface area contributed by atoms with Gasteiger partial charge in [-0.25, -0.2) is 4.79 Å². The third kappa shape index (κ3) is 4.80. The molecule has 1 heterocycles. The fourth-order valence-corrected chi connectivity index (χ4v) is 4.33. The van der Waals surface area contributed by atoms with Gasteiger partial charge >= 0.3 is 6.03 Å². The first-order valence-corrected chi connectivity index (χ1v) is 10.9. The van der Waals surface area contributed by atoms with Crippen molar-refractivity contribution in [2.24, 2.45) is 11.8 Å². The average Bonchev–Trinajstić information content (AvgIpc) is 2.91. The lowest BCUT2D eigenvalue weighted by Gasteiger charge is -2.29. The summed E-state index contributed by atoms with van der Waals surface area (Å²) in [6.07, 6.45) is 5.05. The Kier molecular flexibility index (Phi) is 6.60. The van der Waals surface area contributed by atoms with Crippen molar-refractivity contribution in [1.82, 2.24) is 9.80 Å². The van der Waals surface area contributed by atoms with E-state index in [0.717, 1.165) is 25.7 Å². The van der Waals surface area contributed by atoms with Crippen LogP contribution < -0.4 is 5.32 Å². The minimum absolute atomic E-state index is 0.00164. The van der Waals surface area contributed by atoms with Crippen LogP contribution in [0.25, 0.3) is 0 Å². The Morgan fingerprint density at radius 2 is 1.59 bits per heavy atom. The predicted molar refractivity (Wildman–Crippen MR) is 114 cm³/mol. The second-order valence-corrected chi connectivity index (χ2v) is 9.16. The van der Waals surface area contributed by atoms with Crippen molar-refractivity contribution >= 4 is 23.5 Å². The van der Waals surface area contributed by atoms with Crippen molar-refractivity contribution in [3.05, 3.63) is 29.3 Å². The molecule has 0 atom stereocenters. The first kappa shape index (κ1) is 21.3. The number of benzene rings is 1. The number of nitrogens with one attached hydrogen (secondary N) is 1. The number of imide groups is 1. The van der Waals surface area contributed by atoms with Gasteiger partial charge in [0.1, 0.15) is 0 Å². The van der Waals surface area contributed by atoms with E-state index in [1.807, 2.05) is 4.90 Å². The summed E-state index contributed by atoms with van der Waals surface area (Å²) in [5.41, 5.74) is 1.40. The van der Waals surface area contributed by atoms with Crippen LogP contribution in [0.4, 0.5) is 10.5 Å². The van der Waals surface area contributed by atoms with Crippen LogP contribution in [0.2, 0.25) is 0 Å². The van der Waals surface area contributed by atoms with Gasteiger partial charge in [-0.05, 0) is 42.9 Å². The molecule has 0 unspecified atom stereocenters. The van der Waals surface area contributed by atoms with Gasteiger partial charge < -0.3 is 10.2 Å². The molecule has 3 rings (SSSR count). The molecule has 1 aromatic carbocycles. The van der Waals surface area contributed by atoms with Crippen LogP contribution in [0.3, 0.4) is 0 Å². The Balaban J connectivity index is 1.76. The van der Waals surface area contributed by atoms with Gasteiger partial charge in [-0.2, -0.15) is 0 Å². The molecule has 0 spiro atoms. The molecule has 2 aliphatic rings. The van der Waals surface area contributed by atoms with E-state index in [1.165, 1.54) is 11.3 Å². The summed E-state index contributed by atoms with van der Waals surface area (Å²) in [4.78, 5) is 41.8. The summed E-state index contributed by atoms with van der Waals surface area (Å²) in [7, 11) is 0. The minimum Gasteiger partial charge on any atom is -0.324 e. The first-order chi connectivity index (χ1) is 13.8. The maximum Gasteiger partial charge on any atom is 0.321 e. The van der Waals surface area contributed by atoms with Gasteiger partial charge in [-0.1, -0.05) is 47.0 Å². The first-order valence-electron chi connectivity index (χ1n) is 10.9. The molecule has 6 nitrogen and oxygen atoms in total. The van der Waals surface area contributed by atoms with Crippen LogP contribution in [-0.4, -0.2) is 46.8 Å². The van der Waals surface area contributed by atoms with E-state index in [1.54, 1.807) is 18.2 Å². The molecular formula is C23H33N3O3. The van der Waals surface area contributed by atoms with Gasteiger partial charge in [-0.3, -0.25) is 14.5 Å². The lowest BCUT2D eigenvalue weighted by atomic mass is 9.94. The summed E-state index contributed by atoms with van der Waals surface area (Å²) < 4.78 is 0. The van der Waals surface area contributed by atoms with Crippen molar-refractivity contribution in [1.29, 1.82) is 0 Å². The topological polar surface area (TPSA) is 69.7 Å². The maximum absolute atomic E-state index is 13.0. The highest BCUT2D eigenvalue weighted by Gasteiger charge is 2.40.